The zero-order valence-electron chi connectivity index (χ0n) is 7.90. The molecular formula is C8H15N3O2. The monoisotopic (exact) mass is 185 g/mol. The molecule has 0 amide bonds. The molecule has 0 radical (unpaired) electrons. The van der Waals surface area contributed by atoms with Crippen LogP contribution in [0.5, 0.6) is 0 Å². The van der Waals surface area contributed by atoms with Gasteiger partial charge in [-0.05, 0) is 5.92 Å². The maximum atomic E-state index is 8.73. The third kappa shape index (κ3) is 2.78. The van der Waals surface area contributed by atoms with Gasteiger partial charge in [0.05, 0.1) is 12.6 Å². The molecule has 0 aromatic carbocycles. The van der Waals surface area contributed by atoms with Gasteiger partial charge in [0, 0.05) is 6.42 Å². The molecule has 0 fully saturated rings. The summed E-state index contributed by atoms with van der Waals surface area (Å²) < 4.78 is 4.95. The van der Waals surface area contributed by atoms with E-state index in [9.17, 15) is 0 Å². The van der Waals surface area contributed by atoms with Gasteiger partial charge in [0.2, 0.25) is 5.89 Å². The lowest BCUT2D eigenvalue weighted by Gasteiger charge is -1.99. The summed E-state index contributed by atoms with van der Waals surface area (Å²) >= 11 is 0. The zero-order chi connectivity index (χ0) is 9.84. The Balaban J connectivity index is 2.63. The quantitative estimate of drug-likeness (QED) is 0.702. The van der Waals surface area contributed by atoms with Gasteiger partial charge in [0.1, 0.15) is 0 Å². The van der Waals surface area contributed by atoms with Crippen LogP contribution in [0, 0.1) is 5.92 Å². The van der Waals surface area contributed by atoms with E-state index in [2.05, 4.69) is 24.0 Å². The Bertz CT molecular complexity index is 260. The number of hydrogen-bond acceptors (Lipinski definition) is 5. The Kier molecular flexibility index (Phi) is 3.39. The highest BCUT2D eigenvalue weighted by atomic mass is 16.5. The summed E-state index contributed by atoms with van der Waals surface area (Å²) in [6.45, 7) is 3.96. The molecule has 1 aromatic heterocycles. The van der Waals surface area contributed by atoms with Gasteiger partial charge < -0.3 is 15.4 Å². The molecule has 3 N–H and O–H groups in total. The predicted molar refractivity (Wildman–Crippen MR) is 46.9 cm³/mol. The molecule has 13 heavy (non-hydrogen) atoms. The van der Waals surface area contributed by atoms with E-state index in [1.165, 1.54) is 0 Å². The van der Waals surface area contributed by atoms with E-state index in [0.717, 1.165) is 6.42 Å². The fraction of sp³-hybridized carbons (Fsp3) is 0.750. The van der Waals surface area contributed by atoms with Gasteiger partial charge in [-0.15, -0.1) is 0 Å². The van der Waals surface area contributed by atoms with Gasteiger partial charge in [0.15, 0.2) is 5.82 Å². The normalized spacial score (nSPS) is 13.6. The van der Waals surface area contributed by atoms with E-state index in [1.807, 2.05) is 0 Å². The van der Waals surface area contributed by atoms with E-state index in [0.29, 0.717) is 17.6 Å². The van der Waals surface area contributed by atoms with Crippen molar-refractivity contribution in [1.82, 2.24) is 10.1 Å². The van der Waals surface area contributed by atoms with Crippen molar-refractivity contribution in [3.05, 3.63) is 11.7 Å². The van der Waals surface area contributed by atoms with E-state index in [-0.39, 0.29) is 6.61 Å². The standard InChI is InChI=1S/C8H15N3O2/c1-5(2)3-7-10-8(11-13-7)6(9)4-12/h5-6,12H,3-4,9H2,1-2H3. The summed E-state index contributed by atoms with van der Waals surface area (Å²) in [5, 5.41) is 12.4. The van der Waals surface area contributed by atoms with Crippen LogP contribution in [-0.4, -0.2) is 21.9 Å². The van der Waals surface area contributed by atoms with Crippen LogP contribution in [0.3, 0.4) is 0 Å². The second kappa shape index (κ2) is 4.34. The molecule has 1 rings (SSSR count). The van der Waals surface area contributed by atoms with Crippen LogP contribution in [-0.2, 0) is 6.42 Å². The Morgan fingerprint density at radius 1 is 1.54 bits per heavy atom. The molecule has 1 aromatic rings. The molecule has 0 aliphatic carbocycles. The van der Waals surface area contributed by atoms with Crippen molar-refractivity contribution in [1.29, 1.82) is 0 Å². The van der Waals surface area contributed by atoms with Crippen LogP contribution in [0.25, 0.3) is 0 Å². The van der Waals surface area contributed by atoms with E-state index >= 15 is 0 Å². The van der Waals surface area contributed by atoms with E-state index in [1.54, 1.807) is 0 Å². The number of hydrogen-bond donors (Lipinski definition) is 2. The van der Waals surface area contributed by atoms with Crippen molar-refractivity contribution in [3.8, 4) is 0 Å². The number of rotatable bonds is 4. The minimum atomic E-state index is -0.537. The minimum Gasteiger partial charge on any atom is -0.394 e. The van der Waals surface area contributed by atoms with Crippen molar-refractivity contribution < 1.29 is 9.63 Å². The molecule has 0 saturated carbocycles. The molecule has 0 saturated heterocycles. The molecule has 0 spiro atoms. The first-order chi connectivity index (χ1) is 6.13. The molecule has 0 bridgehead atoms. The lowest BCUT2D eigenvalue weighted by Crippen LogP contribution is -2.16. The van der Waals surface area contributed by atoms with Crippen LogP contribution in [0.15, 0.2) is 4.52 Å². The Morgan fingerprint density at radius 3 is 2.77 bits per heavy atom. The highest BCUT2D eigenvalue weighted by molar-refractivity contribution is 4.93. The fourth-order valence-corrected chi connectivity index (χ4v) is 0.932. The molecule has 1 heterocycles. The maximum Gasteiger partial charge on any atom is 0.226 e. The van der Waals surface area contributed by atoms with Gasteiger partial charge in [-0.1, -0.05) is 19.0 Å². The third-order valence-electron chi connectivity index (χ3n) is 1.60. The second-order valence-corrected chi connectivity index (χ2v) is 3.43. The molecule has 1 unspecified atom stereocenters. The van der Waals surface area contributed by atoms with Crippen molar-refractivity contribution in [2.45, 2.75) is 26.3 Å². The smallest absolute Gasteiger partial charge is 0.226 e. The first-order valence-electron chi connectivity index (χ1n) is 4.32. The summed E-state index contributed by atoms with van der Waals surface area (Å²) in [6.07, 6.45) is 0.741. The maximum absolute atomic E-state index is 8.73. The Morgan fingerprint density at radius 2 is 2.23 bits per heavy atom. The van der Waals surface area contributed by atoms with Crippen LogP contribution in [0.4, 0.5) is 0 Å². The van der Waals surface area contributed by atoms with Crippen LogP contribution >= 0.6 is 0 Å². The Hall–Kier alpha value is -0.940. The van der Waals surface area contributed by atoms with Crippen molar-refractivity contribution >= 4 is 0 Å². The third-order valence-corrected chi connectivity index (χ3v) is 1.60. The fourth-order valence-electron chi connectivity index (χ4n) is 0.932. The molecule has 1 atom stereocenters. The summed E-state index contributed by atoms with van der Waals surface area (Å²) in [4.78, 5) is 4.06. The highest BCUT2D eigenvalue weighted by Crippen LogP contribution is 2.09. The average Bonchev–Trinajstić information content (AvgIpc) is 2.50. The summed E-state index contributed by atoms with van der Waals surface area (Å²) in [5.74, 6) is 1.42. The lowest BCUT2D eigenvalue weighted by atomic mass is 10.1. The molecule has 5 nitrogen and oxygen atoms in total. The van der Waals surface area contributed by atoms with Crippen molar-refractivity contribution in [2.24, 2.45) is 11.7 Å². The average molecular weight is 185 g/mol. The number of aliphatic hydroxyl groups excluding tert-OH is 1. The van der Waals surface area contributed by atoms with E-state index in [4.69, 9.17) is 15.4 Å². The summed E-state index contributed by atoms with van der Waals surface area (Å²) in [6, 6.07) is -0.537. The number of nitrogens with zero attached hydrogens (tertiary/aromatic N) is 2. The van der Waals surface area contributed by atoms with Crippen LogP contribution in [0.1, 0.15) is 31.6 Å². The molecule has 5 heteroatoms. The van der Waals surface area contributed by atoms with Crippen LogP contribution in [0.2, 0.25) is 0 Å². The van der Waals surface area contributed by atoms with Crippen molar-refractivity contribution in [2.75, 3.05) is 6.61 Å². The zero-order valence-corrected chi connectivity index (χ0v) is 7.90. The summed E-state index contributed by atoms with van der Waals surface area (Å²) in [7, 11) is 0. The van der Waals surface area contributed by atoms with Crippen molar-refractivity contribution in [3.63, 3.8) is 0 Å². The molecule has 0 aliphatic heterocycles. The minimum absolute atomic E-state index is 0.166. The molecular weight excluding hydrogens is 170 g/mol. The predicted octanol–water partition coefficient (Wildman–Crippen LogP) is 0.260. The van der Waals surface area contributed by atoms with Gasteiger partial charge in [-0.3, -0.25) is 0 Å². The summed E-state index contributed by atoms with van der Waals surface area (Å²) in [5.41, 5.74) is 5.50. The van der Waals surface area contributed by atoms with Gasteiger partial charge in [0.25, 0.3) is 0 Å². The number of nitrogens with two attached hydrogens (primary N) is 1. The first-order valence-corrected chi connectivity index (χ1v) is 4.32. The topological polar surface area (TPSA) is 85.2 Å². The second-order valence-electron chi connectivity index (χ2n) is 3.43. The SMILES string of the molecule is CC(C)Cc1nc(C(N)CO)no1. The van der Waals surface area contributed by atoms with Crippen LogP contribution < -0.4 is 5.73 Å². The Labute approximate surface area is 76.9 Å². The number of aliphatic hydroxyl groups is 1. The molecule has 0 aliphatic rings. The largest absolute Gasteiger partial charge is 0.394 e. The van der Waals surface area contributed by atoms with Gasteiger partial charge >= 0.3 is 0 Å². The van der Waals surface area contributed by atoms with E-state index < -0.39 is 6.04 Å². The highest BCUT2D eigenvalue weighted by Gasteiger charge is 2.13. The number of aromatic nitrogens is 2. The lowest BCUT2D eigenvalue weighted by molar-refractivity contribution is 0.259. The van der Waals surface area contributed by atoms with Gasteiger partial charge in [-0.2, -0.15) is 4.98 Å². The van der Waals surface area contributed by atoms with Gasteiger partial charge in [-0.25, -0.2) is 0 Å². The first kappa shape index (κ1) is 10.1. The molecule has 74 valence electrons.